The fourth-order valence-corrected chi connectivity index (χ4v) is 2.71. The third-order valence-electron chi connectivity index (χ3n) is 3.97. The van der Waals surface area contributed by atoms with Gasteiger partial charge < -0.3 is 15.5 Å². The topological polar surface area (TPSA) is 57.5 Å². The standard InChI is InChI=1S/C15H28N6.HI/c1-13(12-21-8-4-5-9-21)10-17-15(16-2)18-11-14-6-7-19-20(14)3;/h6-7,13H,4-5,8-12H2,1-3H3,(H2,16,17,18);1H. The van der Waals surface area contributed by atoms with Gasteiger partial charge in [0.15, 0.2) is 5.96 Å². The lowest BCUT2D eigenvalue weighted by Crippen LogP contribution is -2.41. The Balaban J connectivity index is 0.00000242. The first-order chi connectivity index (χ1) is 10.2. The SMILES string of the molecule is CN=C(NCc1ccnn1C)NCC(C)CN1CCCC1.I. The zero-order valence-corrected chi connectivity index (χ0v) is 16.2. The lowest BCUT2D eigenvalue weighted by atomic mass is 10.1. The zero-order valence-electron chi connectivity index (χ0n) is 13.9. The van der Waals surface area contributed by atoms with E-state index in [1.165, 1.54) is 32.5 Å². The summed E-state index contributed by atoms with van der Waals surface area (Å²) in [6.45, 7) is 7.67. The van der Waals surface area contributed by atoms with Crippen molar-refractivity contribution in [2.75, 3.05) is 33.2 Å². The fraction of sp³-hybridized carbons (Fsp3) is 0.733. The summed E-state index contributed by atoms with van der Waals surface area (Å²) in [4.78, 5) is 6.83. The smallest absolute Gasteiger partial charge is 0.191 e. The largest absolute Gasteiger partial charge is 0.356 e. The number of hydrogen-bond donors (Lipinski definition) is 2. The molecule has 0 aromatic carbocycles. The Kier molecular flexibility index (Phi) is 8.77. The van der Waals surface area contributed by atoms with E-state index in [1.807, 2.05) is 31.0 Å². The van der Waals surface area contributed by atoms with E-state index in [-0.39, 0.29) is 24.0 Å². The molecule has 2 N–H and O–H groups in total. The average Bonchev–Trinajstić information content (AvgIpc) is 3.11. The average molecular weight is 420 g/mol. The first-order valence-electron chi connectivity index (χ1n) is 7.83. The maximum absolute atomic E-state index is 4.27. The number of rotatable bonds is 6. The van der Waals surface area contributed by atoms with Gasteiger partial charge in [0.1, 0.15) is 0 Å². The molecule has 1 atom stereocenters. The van der Waals surface area contributed by atoms with E-state index in [9.17, 15) is 0 Å². The molecule has 126 valence electrons. The van der Waals surface area contributed by atoms with Crippen LogP contribution in [0.25, 0.3) is 0 Å². The second kappa shape index (κ2) is 10.0. The van der Waals surface area contributed by atoms with Crippen molar-refractivity contribution in [2.45, 2.75) is 26.3 Å². The molecule has 6 nitrogen and oxygen atoms in total. The van der Waals surface area contributed by atoms with E-state index in [2.05, 4.69) is 32.5 Å². The van der Waals surface area contributed by atoms with Crippen molar-refractivity contribution in [1.29, 1.82) is 0 Å². The lowest BCUT2D eigenvalue weighted by Gasteiger charge is -2.21. The first-order valence-corrected chi connectivity index (χ1v) is 7.83. The molecule has 0 bridgehead atoms. The van der Waals surface area contributed by atoms with Gasteiger partial charge in [0.2, 0.25) is 0 Å². The Morgan fingerprint density at radius 3 is 2.68 bits per heavy atom. The van der Waals surface area contributed by atoms with Gasteiger partial charge in [-0.25, -0.2) is 0 Å². The van der Waals surface area contributed by atoms with Crippen molar-refractivity contribution >= 4 is 29.9 Å². The minimum absolute atomic E-state index is 0. The Morgan fingerprint density at radius 1 is 1.36 bits per heavy atom. The molecule has 2 rings (SSSR count). The van der Waals surface area contributed by atoms with Gasteiger partial charge in [-0.3, -0.25) is 9.67 Å². The second-order valence-electron chi connectivity index (χ2n) is 5.87. The molecule has 1 aromatic rings. The van der Waals surface area contributed by atoms with Crippen LogP contribution in [0.5, 0.6) is 0 Å². The van der Waals surface area contributed by atoms with Gasteiger partial charge in [0.25, 0.3) is 0 Å². The Hall–Kier alpha value is -0.830. The summed E-state index contributed by atoms with van der Waals surface area (Å²) in [6, 6.07) is 2.01. The molecule has 0 saturated carbocycles. The van der Waals surface area contributed by atoms with E-state index < -0.39 is 0 Å². The molecule has 0 spiro atoms. The highest BCUT2D eigenvalue weighted by Crippen LogP contribution is 2.09. The van der Waals surface area contributed by atoms with Crippen LogP contribution in [0.2, 0.25) is 0 Å². The maximum Gasteiger partial charge on any atom is 0.191 e. The molecule has 0 aliphatic carbocycles. The van der Waals surface area contributed by atoms with E-state index >= 15 is 0 Å². The number of hydrogen-bond acceptors (Lipinski definition) is 3. The van der Waals surface area contributed by atoms with Crippen LogP contribution < -0.4 is 10.6 Å². The van der Waals surface area contributed by atoms with Gasteiger partial charge >= 0.3 is 0 Å². The van der Waals surface area contributed by atoms with Gasteiger partial charge in [0.05, 0.1) is 12.2 Å². The number of likely N-dealkylation sites (tertiary alicyclic amines) is 1. The quantitative estimate of drug-likeness (QED) is 0.416. The predicted molar refractivity (Wildman–Crippen MR) is 102 cm³/mol. The molecule has 2 heterocycles. The molecular weight excluding hydrogens is 391 g/mol. The molecule has 22 heavy (non-hydrogen) atoms. The highest BCUT2D eigenvalue weighted by molar-refractivity contribution is 14.0. The number of aliphatic imine (C=N–C) groups is 1. The van der Waals surface area contributed by atoms with E-state index in [0.29, 0.717) is 5.92 Å². The Labute approximate surface area is 150 Å². The molecule has 1 aliphatic heterocycles. The van der Waals surface area contributed by atoms with Crippen LogP contribution in [0.1, 0.15) is 25.5 Å². The molecule has 1 fully saturated rings. The molecule has 0 radical (unpaired) electrons. The highest BCUT2D eigenvalue weighted by Gasteiger charge is 2.14. The van der Waals surface area contributed by atoms with Gasteiger partial charge in [-0.2, -0.15) is 5.10 Å². The van der Waals surface area contributed by atoms with Crippen molar-refractivity contribution in [3.8, 4) is 0 Å². The van der Waals surface area contributed by atoms with E-state index in [4.69, 9.17) is 0 Å². The first kappa shape index (κ1) is 19.2. The van der Waals surface area contributed by atoms with Crippen LogP contribution in [-0.2, 0) is 13.6 Å². The summed E-state index contributed by atoms with van der Waals surface area (Å²) in [6.07, 6.45) is 4.52. The Bertz CT molecular complexity index is 453. The summed E-state index contributed by atoms with van der Waals surface area (Å²) >= 11 is 0. The van der Waals surface area contributed by atoms with Crippen molar-refractivity contribution in [2.24, 2.45) is 18.0 Å². The lowest BCUT2D eigenvalue weighted by molar-refractivity contribution is 0.287. The van der Waals surface area contributed by atoms with E-state index in [0.717, 1.165) is 24.7 Å². The van der Waals surface area contributed by atoms with Crippen LogP contribution in [-0.4, -0.2) is 53.9 Å². The van der Waals surface area contributed by atoms with E-state index in [1.54, 1.807) is 0 Å². The molecule has 1 aromatic heterocycles. The predicted octanol–water partition coefficient (Wildman–Crippen LogP) is 1.43. The monoisotopic (exact) mass is 420 g/mol. The maximum atomic E-state index is 4.27. The van der Waals surface area contributed by atoms with Crippen LogP contribution >= 0.6 is 24.0 Å². The number of aromatic nitrogens is 2. The second-order valence-corrected chi connectivity index (χ2v) is 5.87. The third kappa shape index (κ3) is 6.12. The highest BCUT2D eigenvalue weighted by atomic mass is 127. The number of guanidine groups is 1. The van der Waals surface area contributed by atoms with Crippen molar-refractivity contribution < 1.29 is 0 Å². The fourth-order valence-electron chi connectivity index (χ4n) is 2.71. The van der Waals surface area contributed by atoms with Crippen LogP contribution in [0.4, 0.5) is 0 Å². The number of nitrogens with one attached hydrogen (secondary N) is 2. The molecule has 1 unspecified atom stereocenters. The summed E-state index contributed by atoms with van der Waals surface area (Å²) in [5.41, 5.74) is 1.14. The van der Waals surface area contributed by atoms with Crippen LogP contribution in [0.3, 0.4) is 0 Å². The summed E-state index contributed by atoms with van der Waals surface area (Å²) < 4.78 is 1.87. The van der Waals surface area contributed by atoms with Crippen molar-refractivity contribution in [3.05, 3.63) is 18.0 Å². The number of aryl methyl sites for hydroxylation is 1. The van der Waals surface area contributed by atoms with Gasteiger partial charge in [-0.15, -0.1) is 24.0 Å². The van der Waals surface area contributed by atoms with Gasteiger partial charge in [-0.1, -0.05) is 6.92 Å². The molecule has 7 heteroatoms. The summed E-state index contributed by atoms with van der Waals surface area (Å²) in [5.74, 6) is 1.47. The number of halogens is 1. The van der Waals surface area contributed by atoms with Gasteiger partial charge in [0, 0.05) is 33.4 Å². The minimum Gasteiger partial charge on any atom is -0.356 e. The summed E-state index contributed by atoms with van der Waals surface area (Å²) in [7, 11) is 3.76. The van der Waals surface area contributed by atoms with Crippen LogP contribution in [0.15, 0.2) is 17.3 Å². The van der Waals surface area contributed by atoms with Crippen molar-refractivity contribution in [1.82, 2.24) is 25.3 Å². The molecule has 1 saturated heterocycles. The van der Waals surface area contributed by atoms with Crippen molar-refractivity contribution in [3.63, 3.8) is 0 Å². The third-order valence-corrected chi connectivity index (χ3v) is 3.97. The molecule has 0 amide bonds. The number of nitrogens with zero attached hydrogens (tertiary/aromatic N) is 4. The normalized spacial score (nSPS) is 17.1. The molecular formula is C15H29IN6. The Morgan fingerprint density at radius 2 is 2.09 bits per heavy atom. The van der Waals surface area contributed by atoms with Crippen LogP contribution in [0, 0.1) is 5.92 Å². The van der Waals surface area contributed by atoms with Gasteiger partial charge in [-0.05, 0) is 37.9 Å². The summed E-state index contributed by atoms with van der Waals surface area (Å²) in [5, 5.41) is 10.9. The zero-order chi connectivity index (χ0) is 15.1. The molecule has 1 aliphatic rings. The minimum atomic E-state index is 0.